The third kappa shape index (κ3) is 4.63. The lowest BCUT2D eigenvalue weighted by Crippen LogP contribution is -2.17. The molecule has 4 aromatic rings. The number of aromatic nitrogens is 3. The summed E-state index contributed by atoms with van der Waals surface area (Å²) in [6, 6.07) is 16.0. The Kier molecular flexibility index (Phi) is 6.17. The van der Waals surface area contributed by atoms with Gasteiger partial charge in [0.05, 0.1) is 26.3 Å². The molecule has 29 heavy (non-hydrogen) atoms. The third-order valence-electron chi connectivity index (χ3n) is 4.68. The Labute approximate surface area is 173 Å². The van der Waals surface area contributed by atoms with Crippen LogP contribution in [0, 0.1) is 0 Å². The molecule has 1 amide bonds. The standard InChI is InChI=1S/C22H24N4O2S/c1-2-28-15-7-14-26-18-10-5-3-8-16(18)24-22(26)25-20(27)12-13-21-23-17-9-4-6-11-19(17)29-21/h3-6,8-11H,2,7,12-15H2,1H3,(H,24,25,27). The molecule has 0 saturated carbocycles. The molecule has 4 rings (SSSR count). The van der Waals surface area contributed by atoms with Crippen molar-refractivity contribution in [3.8, 4) is 0 Å². The van der Waals surface area contributed by atoms with Gasteiger partial charge in [-0.25, -0.2) is 9.97 Å². The Morgan fingerprint density at radius 3 is 2.72 bits per heavy atom. The molecule has 0 aliphatic rings. The van der Waals surface area contributed by atoms with Crippen LogP contribution in [0.25, 0.3) is 21.3 Å². The average molecular weight is 409 g/mol. The zero-order valence-corrected chi connectivity index (χ0v) is 17.2. The van der Waals surface area contributed by atoms with E-state index in [1.165, 1.54) is 0 Å². The Morgan fingerprint density at radius 1 is 1.10 bits per heavy atom. The Bertz CT molecular complexity index is 1090. The van der Waals surface area contributed by atoms with E-state index in [-0.39, 0.29) is 5.91 Å². The van der Waals surface area contributed by atoms with Gasteiger partial charge in [-0.1, -0.05) is 24.3 Å². The lowest BCUT2D eigenvalue weighted by atomic mass is 10.3. The van der Waals surface area contributed by atoms with E-state index in [4.69, 9.17) is 4.74 Å². The number of rotatable bonds is 9. The number of imidazole rings is 1. The second kappa shape index (κ2) is 9.15. The maximum Gasteiger partial charge on any atom is 0.227 e. The minimum absolute atomic E-state index is 0.0504. The lowest BCUT2D eigenvalue weighted by molar-refractivity contribution is -0.116. The van der Waals surface area contributed by atoms with Gasteiger partial charge in [0.15, 0.2) is 0 Å². The molecule has 0 saturated heterocycles. The van der Waals surface area contributed by atoms with Crippen molar-refractivity contribution in [2.24, 2.45) is 0 Å². The van der Waals surface area contributed by atoms with E-state index in [0.29, 0.717) is 32.0 Å². The van der Waals surface area contributed by atoms with Gasteiger partial charge in [0.2, 0.25) is 11.9 Å². The molecule has 0 spiro atoms. The summed E-state index contributed by atoms with van der Waals surface area (Å²) < 4.78 is 8.66. The van der Waals surface area contributed by atoms with Crippen molar-refractivity contribution in [3.05, 3.63) is 53.5 Å². The number of aryl methyl sites for hydroxylation is 2. The van der Waals surface area contributed by atoms with Gasteiger partial charge in [0.1, 0.15) is 0 Å². The molecule has 0 unspecified atom stereocenters. The van der Waals surface area contributed by atoms with Gasteiger partial charge in [-0.2, -0.15) is 0 Å². The molecule has 1 N–H and O–H groups in total. The number of hydrogen-bond donors (Lipinski definition) is 1. The highest BCUT2D eigenvalue weighted by Crippen LogP contribution is 2.23. The lowest BCUT2D eigenvalue weighted by Gasteiger charge is -2.10. The van der Waals surface area contributed by atoms with Crippen LogP contribution in [0.3, 0.4) is 0 Å². The first-order chi connectivity index (χ1) is 14.2. The molecule has 0 bridgehead atoms. The first kappa shape index (κ1) is 19.5. The Morgan fingerprint density at radius 2 is 1.90 bits per heavy atom. The van der Waals surface area contributed by atoms with E-state index < -0.39 is 0 Å². The third-order valence-corrected chi connectivity index (χ3v) is 5.78. The van der Waals surface area contributed by atoms with E-state index in [0.717, 1.165) is 39.2 Å². The van der Waals surface area contributed by atoms with Gasteiger partial charge < -0.3 is 9.30 Å². The topological polar surface area (TPSA) is 69.0 Å². The smallest absolute Gasteiger partial charge is 0.227 e. The van der Waals surface area contributed by atoms with E-state index in [9.17, 15) is 4.79 Å². The molecule has 2 aromatic carbocycles. The zero-order chi connectivity index (χ0) is 20.1. The first-order valence-corrected chi connectivity index (χ1v) is 10.7. The van der Waals surface area contributed by atoms with Crippen LogP contribution in [0.1, 0.15) is 24.8 Å². The minimum Gasteiger partial charge on any atom is -0.382 e. The highest BCUT2D eigenvalue weighted by atomic mass is 32.1. The SMILES string of the molecule is CCOCCCn1c(NC(=O)CCc2nc3ccccc3s2)nc2ccccc21. The van der Waals surface area contributed by atoms with Crippen molar-refractivity contribution in [2.75, 3.05) is 18.5 Å². The molecule has 0 atom stereocenters. The van der Waals surface area contributed by atoms with E-state index in [2.05, 4.69) is 25.9 Å². The summed E-state index contributed by atoms with van der Waals surface area (Å²) in [6.07, 6.45) is 1.86. The molecule has 0 radical (unpaired) electrons. The number of nitrogens with zero attached hydrogens (tertiary/aromatic N) is 3. The van der Waals surface area contributed by atoms with E-state index in [1.54, 1.807) is 11.3 Å². The number of ether oxygens (including phenoxy) is 1. The average Bonchev–Trinajstić information content (AvgIpc) is 3.30. The summed E-state index contributed by atoms with van der Waals surface area (Å²) in [4.78, 5) is 21.8. The molecular weight excluding hydrogens is 384 g/mol. The number of para-hydroxylation sites is 3. The van der Waals surface area contributed by atoms with Crippen LogP contribution in [0.2, 0.25) is 0 Å². The second-order valence-corrected chi connectivity index (χ2v) is 7.86. The number of nitrogens with one attached hydrogen (secondary N) is 1. The quantitative estimate of drug-likeness (QED) is 0.410. The normalized spacial score (nSPS) is 11.3. The van der Waals surface area contributed by atoms with Crippen molar-refractivity contribution >= 4 is 44.4 Å². The fraction of sp³-hybridized carbons (Fsp3) is 0.318. The second-order valence-electron chi connectivity index (χ2n) is 6.75. The highest BCUT2D eigenvalue weighted by molar-refractivity contribution is 7.18. The van der Waals surface area contributed by atoms with Crippen LogP contribution < -0.4 is 5.32 Å². The van der Waals surface area contributed by atoms with Gasteiger partial charge in [0, 0.05) is 32.6 Å². The van der Waals surface area contributed by atoms with E-state index >= 15 is 0 Å². The number of fused-ring (bicyclic) bond motifs is 2. The summed E-state index contributed by atoms with van der Waals surface area (Å²) in [5.41, 5.74) is 2.89. The first-order valence-electron chi connectivity index (χ1n) is 9.92. The van der Waals surface area contributed by atoms with Crippen molar-refractivity contribution in [1.29, 1.82) is 0 Å². The minimum atomic E-state index is -0.0504. The van der Waals surface area contributed by atoms with Crippen LogP contribution >= 0.6 is 11.3 Å². The monoisotopic (exact) mass is 408 g/mol. The number of benzene rings is 2. The summed E-state index contributed by atoms with van der Waals surface area (Å²) in [7, 11) is 0. The van der Waals surface area contributed by atoms with Gasteiger partial charge >= 0.3 is 0 Å². The largest absolute Gasteiger partial charge is 0.382 e. The number of carbonyl (C=O) groups is 1. The van der Waals surface area contributed by atoms with Gasteiger partial charge in [-0.05, 0) is 37.6 Å². The van der Waals surface area contributed by atoms with Crippen LogP contribution in [-0.4, -0.2) is 33.7 Å². The van der Waals surface area contributed by atoms with Crippen LogP contribution in [0.15, 0.2) is 48.5 Å². The molecular formula is C22H24N4O2S. The zero-order valence-electron chi connectivity index (χ0n) is 16.4. The molecule has 0 fully saturated rings. The molecule has 6 nitrogen and oxygen atoms in total. The summed E-state index contributed by atoms with van der Waals surface area (Å²) >= 11 is 1.64. The number of anilines is 1. The predicted molar refractivity (Wildman–Crippen MR) is 117 cm³/mol. The number of thiazole rings is 1. The summed E-state index contributed by atoms with van der Waals surface area (Å²) in [5.74, 6) is 0.544. The van der Waals surface area contributed by atoms with Crippen LogP contribution in [0.5, 0.6) is 0 Å². The molecule has 2 aromatic heterocycles. The molecule has 0 aliphatic carbocycles. The van der Waals surface area contributed by atoms with Gasteiger partial charge in [-0.3, -0.25) is 10.1 Å². The number of carbonyl (C=O) groups excluding carboxylic acids is 1. The van der Waals surface area contributed by atoms with Gasteiger partial charge in [0.25, 0.3) is 0 Å². The van der Waals surface area contributed by atoms with Crippen molar-refractivity contribution in [2.45, 2.75) is 32.7 Å². The molecule has 7 heteroatoms. The van der Waals surface area contributed by atoms with Crippen LogP contribution in [0.4, 0.5) is 5.95 Å². The summed E-state index contributed by atoms with van der Waals surface area (Å²) in [6.45, 7) is 4.13. The van der Waals surface area contributed by atoms with Crippen molar-refractivity contribution in [3.63, 3.8) is 0 Å². The number of amides is 1. The van der Waals surface area contributed by atoms with Crippen LogP contribution in [-0.2, 0) is 22.5 Å². The predicted octanol–water partition coefficient (Wildman–Crippen LogP) is 4.64. The maximum atomic E-state index is 12.6. The van der Waals surface area contributed by atoms with E-state index in [1.807, 2.05) is 49.4 Å². The molecule has 150 valence electrons. The highest BCUT2D eigenvalue weighted by Gasteiger charge is 2.14. The van der Waals surface area contributed by atoms with Crippen molar-refractivity contribution < 1.29 is 9.53 Å². The molecule has 2 heterocycles. The van der Waals surface area contributed by atoms with Gasteiger partial charge in [-0.15, -0.1) is 11.3 Å². The van der Waals surface area contributed by atoms with Crippen molar-refractivity contribution in [1.82, 2.24) is 14.5 Å². The summed E-state index contributed by atoms with van der Waals surface area (Å²) in [5, 5.41) is 3.97. The molecule has 0 aliphatic heterocycles. The fourth-order valence-corrected chi connectivity index (χ4v) is 4.27. The maximum absolute atomic E-state index is 12.6. The Balaban J connectivity index is 1.43. The number of hydrogen-bond acceptors (Lipinski definition) is 5. The Hall–Kier alpha value is -2.77. The fourth-order valence-electron chi connectivity index (χ4n) is 3.30.